The number of likely N-dealkylation sites (N-methyl/N-ethyl adjacent to an activating group) is 2. The fourth-order valence-corrected chi connectivity index (χ4v) is 4.51. The molecule has 2 aromatic carbocycles. The number of nitro benzene ring substituents is 1. The first kappa shape index (κ1) is 22.7. The number of non-ortho nitro benzene ring substituents is 1. The Labute approximate surface area is 196 Å². The molecule has 3 aromatic rings. The Morgan fingerprint density at radius 3 is 2.64 bits per heavy atom. The smallest absolute Gasteiger partial charge is 0.279 e. The molecule has 1 aromatic heterocycles. The summed E-state index contributed by atoms with van der Waals surface area (Å²) in [6.45, 7) is 0. The zero-order valence-electron chi connectivity index (χ0n) is 17.8. The van der Waals surface area contributed by atoms with Crippen LogP contribution in [0.3, 0.4) is 0 Å². The number of fused-ring (bicyclic) bond motifs is 1. The minimum absolute atomic E-state index is 0.0332. The van der Waals surface area contributed by atoms with E-state index in [-0.39, 0.29) is 24.3 Å². The molecule has 1 aliphatic rings. The van der Waals surface area contributed by atoms with E-state index in [4.69, 9.17) is 0 Å². The van der Waals surface area contributed by atoms with Crippen molar-refractivity contribution in [2.24, 2.45) is 0 Å². The van der Waals surface area contributed by atoms with E-state index in [2.05, 4.69) is 20.9 Å². The minimum Gasteiger partial charge on any atom is -0.507 e. The third-order valence-corrected chi connectivity index (χ3v) is 6.81. The second-order valence-electron chi connectivity index (χ2n) is 8.08. The van der Waals surface area contributed by atoms with Crippen LogP contribution in [0.4, 0.5) is 5.69 Å². The van der Waals surface area contributed by atoms with Gasteiger partial charge in [0.05, 0.1) is 20.3 Å². The molecule has 11 heteroatoms. The van der Waals surface area contributed by atoms with Crippen molar-refractivity contribution in [3.05, 3.63) is 68.3 Å². The zero-order chi connectivity index (χ0) is 24.1. The van der Waals surface area contributed by atoms with Crippen LogP contribution in [0, 0.1) is 10.1 Å². The second kappa shape index (κ2) is 8.16. The highest BCUT2D eigenvalue weighted by Crippen LogP contribution is 2.34. The maximum Gasteiger partial charge on any atom is 0.279 e. The Bertz CT molecular complexity index is 1290. The van der Waals surface area contributed by atoms with Crippen LogP contribution in [0.2, 0.25) is 0 Å². The number of aromatic nitrogens is 1. The van der Waals surface area contributed by atoms with Crippen LogP contribution < -0.4 is 0 Å². The number of nitrogens with one attached hydrogen (secondary N) is 1. The van der Waals surface area contributed by atoms with E-state index in [1.54, 1.807) is 30.5 Å². The van der Waals surface area contributed by atoms with Crippen LogP contribution in [0.15, 0.2) is 47.1 Å². The number of phenolic OH excluding ortho intramolecular Hbond substituents is 1. The number of nitro groups is 1. The number of aliphatic hydroxyl groups is 1. The summed E-state index contributed by atoms with van der Waals surface area (Å²) in [5.74, 6) is -1.25. The fourth-order valence-electron chi connectivity index (χ4n) is 4.27. The van der Waals surface area contributed by atoms with Gasteiger partial charge in [-0.15, -0.1) is 0 Å². The molecule has 2 heterocycles. The maximum absolute atomic E-state index is 13.3. The lowest BCUT2D eigenvalue weighted by Gasteiger charge is -2.47. The van der Waals surface area contributed by atoms with E-state index in [0.717, 1.165) is 4.90 Å². The van der Waals surface area contributed by atoms with E-state index < -0.39 is 28.5 Å². The van der Waals surface area contributed by atoms with Gasteiger partial charge < -0.3 is 25.0 Å². The number of carbonyl (C=O) groups excluding carboxylic acids is 2. The molecule has 0 aliphatic carbocycles. The summed E-state index contributed by atoms with van der Waals surface area (Å²) in [6.07, 6.45) is 1.41. The normalized spacial score (nSPS) is 21.2. The van der Waals surface area contributed by atoms with Gasteiger partial charge in [0.15, 0.2) is 0 Å². The van der Waals surface area contributed by atoms with Crippen LogP contribution in [0.5, 0.6) is 5.75 Å². The quantitative estimate of drug-likeness (QED) is 0.351. The number of aromatic amines is 1. The lowest BCUT2D eigenvalue weighted by atomic mass is 9.92. The first-order chi connectivity index (χ1) is 15.5. The number of hydrogen-bond acceptors (Lipinski definition) is 6. The highest BCUT2D eigenvalue weighted by molar-refractivity contribution is 9.10. The van der Waals surface area contributed by atoms with E-state index in [0.29, 0.717) is 26.5 Å². The van der Waals surface area contributed by atoms with Gasteiger partial charge in [0.2, 0.25) is 11.6 Å². The molecule has 3 N–H and O–H groups in total. The van der Waals surface area contributed by atoms with Gasteiger partial charge in [-0.05, 0) is 45.3 Å². The molecule has 4 rings (SSSR count). The number of piperazine rings is 1. The molecule has 0 radical (unpaired) electrons. The van der Waals surface area contributed by atoms with Crippen LogP contribution >= 0.6 is 15.9 Å². The number of halogens is 1. The van der Waals surface area contributed by atoms with Gasteiger partial charge in [-0.2, -0.15) is 0 Å². The number of carbonyl (C=O) groups is 2. The number of nitrogens with zero attached hydrogens (tertiary/aromatic N) is 3. The summed E-state index contributed by atoms with van der Waals surface area (Å²) >= 11 is 3.18. The van der Waals surface area contributed by atoms with Gasteiger partial charge in [0.1, 0.15) is 11.8 Å². The number of benzene rings is 2. The first-order valence-corrected chi connectivity index (χ1v) is 10.8. The van der Waals surface area contributed by atoms with Crippen molar-refractivity contribution in [2.75, 3.05) is 14.1 Å². The van der Waals surface area contributed by atoms with Crippen molar-refractivity contribution >= 4 is 44.3 Å². The lowest BCUT2D eigenvalue weighted by molar-refractivity contribution is -0.383. The molecular weight excluding hydrogens is 496 g/mol. The monoisotopic (exact) mass is 516 g/mol. The molecule has 33 heavy (non-hydrogen) atoms. The molecule has 172 valence electrons. The van der Waals surface area contributed by atoms with Crippen molar-refractivity contribution in [3.8, 4) is 5.75 Å². The van der Waals surface area contributed by atoms with E-state index in [1.807, 2.05) is 0 Å². The predicted octanol–water partition coefficient (Wildman–Crippen LogP) is 2.32. The van der Waals surface area contributed by atoms with Crippen LogP contribution in [-0.4, -0.2) is 67.6 Å². The molecule has 0 saturated carbocycles. The number of aromatic hydroxyl groups is 1. The Kier molecular flexibility index (Phi) is 5.62. The van der Waals surface area contributed by atoms with Gasteiger partial charge in [-0.25, -0.2) is 0 Å². The van der Waals surface area contributed by atoms with Crippen LogP contribution in [-0.2, 0) is 22.4 Å². The van der Waals surface area contributed by atoms with Crippen molar-refractivity contribution in [2.45, 2.75) is 24.6 Å². The SMILES string of the molecule is CN1C(=O)[C@](O)(Cc2ccc(Br)c(O)c2)N(C)C(=O)[C@@H]1Cc1c[nH]c2cccc([N+](=O)[O-])c12. The topological polar surface area (TPSA) is 140 Å². The van der Waals surface area contributed by atoms with E-state index in [1.165, 1.54) is 31.1 Å². The average Bonchev–Trinajstić information content (AvgIpc) is 3.20. The van der Waals surface area contributed by atoms with Gasteiger partial charge in [0, 0.05) is 39.2 Å². The Morgan fingerprint density at radius 2 is 1.97 bits per heavy atom. The molecule has 0 spiro atoms. The molecular formula is C22H21BrN4O6. The maximum atomic E-state index is 13.3. The Balaban J connectivity index is 1.66. The number of amides is 2. The van der Waals surface area contributed by atoms with E-state index >= 15 is 0 Å². The molecule has 1 aliphatic heterocycles. The predicted molar refractivity (Wildman–Crippen MR) is 122 cm³/mol. The summed E-state index contributed by atoms with van der Waals surface area (Å²) < 4.78 is 0.461. The summed E-state index contributed by atoms with van der Waals surface area (Å²) in [5.41, 5.74) is -0.705. The average molecular weight is 517 g/mol. The molecule has 1 saturated heterocycles. The first-order valence-electron chi connectivity index (χ1n) is 10.0. The standard InChI is InChI=1S/C22H21BrN4O6/c1-25-17(9-13-11-24-15-4-3-5-16(19(13)15)27(32)33)20(29)26(2)22(31,21(25)30)10-12-6-7-14(23)18(28)8-12/h3-8,11,17,24,28,31H,9-10H2,1-2H3/t17-,22+/m0/s1. The van der Waals surface area contributed by atoms with Crippen LogP contribution in [0.1, 0.15) is 11.1 Å². The van der Waals surface area contributed by atoms with Gasteiger partial charge >= 0.3 is 0 Å². The third-order valence-electron chi connectivity index (χ3n) is 6.14. The van der Waals surface area contributed by atoms with Crippen molar-refractivity contribution in [1.29, 1.82) is 0 Å². The molecule has 2 amide bonds. The number of phenols is 1. The summed E-state index contributed by atoms with van der Waals surface area (Å²) in [7, 11) is 2.77. The largest absolute Gasteiger partial charge is 0.507 e. The summed E-state index contributed by atoms with van der Waals surface area (Å²) in [6, 6.07) is 8.31. The summed E-state index contributed by atoms with van der Waals surface area (Å²) in [5, 5.41) is 33.0. The molecule has 10 nitrogen and oxygen atoms in total. The Morgan fingerprint density at radius 1 is 1.24 bits per heavy atom. The molecule has 1 fully saturated rings. The minimum atomic E-state index is -2.14. The molecule has 0 unspecified atom stereocenters. The van der Waals surface area contributed by atoms with Gasteiger partial charge in [0.25, 0.3) is 11.6 Å². The van der Waals surface area contributed by atoms with Gasteiger partial charge in [-0.1, -0.05) is 12.1 Å². The highest BCUT2D eigenvalue weighted by atomic mass is 79.9. The number of rotatable bonds is 5. The fraction of sp³-hybridized carbons (Fsp3) is 0.273. The Hall–Kier alpha value is -3.44. The van der Waals surface area contributed by atoms with Crippen molar-refractivity contribution < 1.29 is 24.7 Å². The molecule has 0 bridgehead atoms. The highest BCUT2D eigenvalue weighted by Gasteiger charge is 2.53. The van der Waals surface area contributed by atoms with Crippen molar-refractivity contribution in [1.82, 2.24) is 14.8 Å². The van der Waals surface area contributed by atoms with Crippen molar-refractivity contribution in [3.63, 3.8) is 0 Å². The van der Waals surface area contributed by atoms with Crippen LogP contribution in [0.25, 0.3) is 10.9 Å². The second-order valence-corrected chi connectivity index (χ2v) is 8.94. The third kappa shape index (κ3) is 3.72. The number of H-pyrrole nitrogens is 1. The lowest BCUT2D eigenvalue weighted by Crippen LogP contribution is -2.70. The summed E-state index contributed by atoms with van der Waals surface area (Å²) in [4.78, 5) is 42.6. The number of hydrogen-bond donors (Lipinski definition) is 3. The van der Waals surface area contributed by atoms with Gasteiger partial charge in [-0.3, -0.25) is 19.7 Å². The van der Waals surface area contributed by atoms with E-state index in [9.17, 15) is 29.9 Å². The zero-order valence-corrected chi connectivity index (χ0v) is 19.4. The molecule has 2 atom stereocenters.